The van der Waals surface area contributed by atoms with E-state index in [0.717, 1.165) is 12.8 Å². The van der Waals surface area contributed by atoms with Gasteiger partial charge in [0.05, 0.1) is 5.69 Å². The predicted molar refractivity (Wildman–Crippen MR) is 65.1 cm³/mol. The van der Waals surface area contributed by atoms with Gasteiger partial charge in [0.2, 0.25) is 0 Å². The fourth-order valence-corrected chi connectivity index (χ4v) is 1.68. The average molecular weight is 246 g/mol. The first-order valence-corrected chi connectivity index (χ1v) is 5.82. The Morgan fingerprint density at radius 1 is 1.44 bits per heavy atom. The first-order chi connectivity index (χ1) is 8.74. The number of hydrogen-bond donors (Lipinski definition) is 1. The van der Waals surface area contributed by atoms with Gasteiger partial charge < -0.3 is 5.11 Å². The molecule has 2 aromatic heterocycles. The maximum absolute atomic E-state index is 11.1. The van der Waals surface area contributed by atoms with Gasteiger partial charge in [0.1, 0.15) is 5.69 Å². The lowest BCUT2D eigenvalue weighted by Gasteiger charge is -2.05. The summed E-state index contributed by atoms with van der Waals surface area (Å²) in [6.07, 6.45) is 3.55. The Labute approximate surface area is 104 Å². The number of rotatable bonds is 5. The third-order valence-electron chi connectivity index (χ3n) is 2.57. The summed E-state index contributed by atoms with van der Waals surface area (Å²) in [6.45, 7) is 2.71. The van der Waals surface area contributed by atoms with E-state index < -0.39 is 5.97 Å². The molecule has 6 heteroatoms. The van der Waals surface area contributed by atoms with Crippen LogP contribution in [0.2, 0.25) is 0 Å². The SMILES string of the molecule is CCCCn1nnc(C(=O)O)c1-c1ccccn1. The third-order valence-corrected chi connectivity index (χ3v) is 2.57. The summed E-state index contributed by atoms with van der Waals surface area (Å²) >= 11 is 0. The first-order valence-electron chi connectivity index (χ1n) is 5.82. The van der Waals surface area contributed by atoms with Crippen molar-refractivity contribution in [1.82, 2.24) is 20.0 Å². The fraction of sp³-hybridized carbons (Fsp3) is 0.333. The molecule has 0 saturated carbocycles. The molecule has 0 aromatic carbocycles. The van der Waals surface area contributed by atoms with Crippen molar-refractivity contribution in [3.8, 4) is 11.4 Å². The van der Waals surface area contributed by atoms with Gasteiger partial charge in [0, 0.05) is 12.7 Å². The standard InChI is InChI=1S/C12H14N4O2/c1-2-3-8-16-11(9-6-4-5-7-13-9)10(12(17)18)14-15-16/h4-7H,2-3,8H2,1H3,(H,17,18). The molecule has 2 rings (SSSR count). The maximum atomic E-state index is 11.1. The highest BCUT2D eigenvalue weighted by atomic mass is 16.4. The molecule has 0 aliphatic rings. The second kappa shape index (κ2) is 5.39. The largest absolute Gasteiger partial charge is 0.476 e. The Balaban J connectivity index is 2.47. The highest BCUT2D eigenvalue weighted by molar-refractivity contribution is 5.92. The van der Waals surface area contributed by atoms with Crippen molar-refractivity contribution in [2.24, 2.45) is 0 Å². The van der Waals surface area contributed by atoms with Gasteiger partial charge in [-0.25, -0.2) is 9.48 Å². The van der Waals surface area contributed by atoms with E-state index in [1.807, 2.05) is 6.07 Å². The number of aromatic carboxylic acids is 1. The summed E-state index contributed by atoms with van der Waals surface area (Å²) in [5, 5.41) is 16.7. The summed E-state index contributed by atoms with van der Waals surface area (Å²) < 4.78 is 1.61. The second-order valence-electron chi connectivity index (χ2n) is 3.88. The number of pyridine rings is 1. The molecule has 1 N–H and O–H groups in total. The van der Waals surface area contributed by atoms with Crippen LogP contribution in [0.4, 0.5) is 0 Å². The Kier molecular flexibility index (Phi) is 3.66. The molecule has 18 heavy (non-hydrogen) atoms. The van der Waals surface area contributed by atoms with Crippen LogP contribution in [0.1, 0.15) is 30.3 Å². The molecule has 0 unspecified atom stereocenters. The Morgan fingerprint density at radius 3 is 2.89 bits per heavy atom. The molecule has 0 amide bonds. The molecule has 2 aromatic rings. The summed E-state index contributed by atoms with van der Waals surface area (Å²) in [5.41, 5.74) is 0.998. The Hall–Kier alpha value is -2.24. The van der Waals surface area contributed by atoms with Crippen molar-refractivity contribution in [3.05, 3.63) is 30.1 Å². The highest BCUT2D eigenvalue weighted by Crippen LogP contribution is 2.20. The lowest BCUT2D eigenvalue weighted by molar-refractivity contribution is 0.0691. The molecule has 94 valence electrons. The van der Waals surface area contributed by atoms with Crippen molar-refractivity contribution in [2.75, 3.05) is 0 Å². The molecular formula is C12H14N4O2. The number of aromatic nitrogens is 4. The quantitative estimate of drug-likeness (QED) is 0.870. The topological polar surface area (TPSA) is 80.9 Å². The van der Waals surface area contributed by atoms with E-state index in [1.165, 1.54) is 0 Å². The fourth-order valence-electron chi connectivity index (χ4n) is 1.68. The number of nitrogens with zero attached hydrogens (tertiary/aromatic N) is 4. The zero-order valence-corrected chi connectivity index (χ0v) is 10.1. The van der Waals surface area contributed by atoms with Gasteiger partial charge in [-0.2, -0.15) is 0 Å². The van der Waals surface area contributed by atoms with Crippen LogP contribution in [0.3, 0.4) is 0 Å². The number of carboxylic acid groups (broad SMARTS) is 1. The minimum absolute atomic E-state index is 0.0511. The van der Waals surface area contributed by atoms with Gasteiger partial charge in [-0.1, -0.05) is 24.6 Å². The van der Waals surface area contributed by atoms with E-state index >= 15 is 0 Å². The van der Waals surface area contributed by atoms with Crippen molar-refractivity contribution < 1.29 is 9.90 Å². The van der Waals surface area contributed by atoms with E-state index in [1.54, 1.807) is 23.0 Å². The molecule has 0 radical (unpaired) electrons. The monoisotopic (exact) mass is 246 g/mol. The zero-order chi connectivity index (χ0) is 13.0. The summed E-state index contributed by atoms with van der Waals surface area (Å²) in [5.74, 6) is -1.08. The second-order valence-corrected chi connectivity index (χ2v) is 3.88. The van der Waals surface area contributed by atoms with Crippen LogP contribution in [0.15, 0.2) is 24.4 Å². The lowest BCUT2D eigenvalue weighted by Crippen LogP contribution is -2.05. The summed E-state index contributed by atoms with van der Waals surface area (Å²) in [7, 11) is 0. The molecule has 0 bridgehead atoms. The van der Waals surface area contributed by atoms with Crippen LogP contribution in [-0.2, 0) is 6.54 Å². The van der Waals surface area contributed by atoms with E-state index in [-0.39, 0.29) is 5.69 Å². The Morgan fingerprint density at radius 2 is 2.28 bits per heavy atom. The normalized spacial score (nSPS) is 10.5. The highest BCUT2D eigenvalue weighted by Gasteiger charge is 2.20. The van der Waals surface area contributed by atoms with E-state index in [2.05, 4.69) is 22.2 Å². The average Bonchev–Trinajstić information content (AvgIpc) is 2.81. The van der Waals surface area contributed by atoms with Gasteiger partial charge in [-0.05, 0) is 18.6 Å². The maximum Gasteiger partial charge on any atom is 0.358 e. The third kappa shape index (κ3) is 2.37. The minimum atomic E-state index is -1.08. The van der Waals surface area contributed by atoms with E-state index in [4.69, 9.17) is 5.11 Å². The molecule has 2 heterocycles. The number of carboxylic acids is 1. The van der Waals surface area contributed by atoms with Crippen LogP contribution in [0, 0.1) is 0 Å². The number of hydrogen-bond acceptors (Lipinski definition) is 4. The van der Waals surface area contributed by atoms with Crippen LogP contribution in [0.5, 0.6) is 0 Å². The first kappa shape index (κ1) is 12.2. The van der Waals surface area contributed by atoms with Crippen molar-refractivity contribution >= 4 is 5.97 Å². The van der Waals surface area contributed by atoms with Crippen LogP contribution in [-0.4, -0.2) is 31.1 Å². The predicted octanol–water partition coefficient (Wildman–Crippen LogP) is 1.84. The van der Waals surface area contributed by atoms with Crippen LogP contribution >= 0.6 is 0 Å². The Bertz CT molecular complexity index is 536. The van der Waals surface area contributed by atoms with Crippen molar-refractivity contribution in [1.29, 1.82) is 0 Å². The summed E-state index contributed by atoms with van der Waals surface area (Å²) in [6, 6.07) is 5.35. The number of unbranched alkanes of at least 4 members (excludes halogenated alkanes) is 1. The molecule has 0 aliphatic heterocycles. The van der Waals surface area contributed by atoms with Crippen LogP contribution < -0.4 is 0 Å². The van der Waals surface area contributed by atoms with Gasteiger partial charge in [-0.15, -0.1) is 5.10 Å². The molecular weight excluding hydrogens is 232 g/mol. The van der Waals surface area contributed by atoms with Gasteiger partial charge in [0.25, 0.3) is 0 Å². The summed E-state index contributed by atoms with van der Waals surface area (Å²) in [4.78, 5) is 15.3. The minimum Gasteiger partial charge on any atom is -0.476 e. The van der Waals surface area contributed by atoms with Crippen LogP contribution in [0.25, 0.3) is 11.4 Å². The molecule has 0 saturated heterocycles. The van der Waals surface area contributed by atoms with Gasteiger partial charge in [-0.3, -0.25) is 4.98 Å². The van der Waals surface area contributed by atoms with E-state index in [0.29, 0.717) is 17.9 Å². The molecule has 0 aliphatic carbocycles. The van der Waals surface area contributed by atoms with Crippen molar-refractivity contribution in [2.45, 2.75) is 26.3 Å². The van der Waals surface area contributed by atoms with Gasteiger partial charge >= 0.3 is 5.97 Å². The molecule has 0 fully saturated rings. The molecule has 0 atom stereocenters. The van der Waals surface area contributed by atoms with Gasteiger partial charge in [0.15, 0.2) is 5.69 Å². The zero-order valence-electron chi connectivity index (χ0n) is 10.1. The lowest BCUT2D eigenvalue weighted by atomic mass is 10.2. The number of carbonyl (C=O) groups is 1. The molecule has 0 spiro atoms. The molecule has 6 nitrogen and oxygen atoms in total. The number of aryl methyl sites for hydroxylation is 1. The van der Waals surface area contributed by atoms with Crippen molar-refractivity contribution in [3.63, 3.8) is 0 Å². The van der Waals surface area contributed by atoms with E-state index in [9.17, 15) is 4.79 Å². The smallest absolute Gasteiger partial charge is 0.358 e.